The Labute approximate surface area is 187 Å². The first-order valence-electron chi connectivity index (χ1n) is 10.2. The van der Waals surface area contributed by atoms with Gasteiger partial charge in [0.15, 0.2) is 0 Å². The van der Waals surface area contributed by atoms with Crippen LogP contribution in [0.25, 0.3) is 0 Å². The van der Waals surface area contributed by atoms with Gasteiger partial charge in [0.05, 0.1) is 35.2 Å². The summed E-state index contributed by atoms with van der Waals surface area (Å²) in [6, 6.07) is 13.6. The summed E-state index contributed by atoms with van der Waals surface area (Å²) < 4.78 is 4.81. The highest BCUT2D eigenvalue weighted by Gasteiger charge is 2.22. The van der Waals surface area contributed by atoms with E-state index in [1.807, 2.05) is 69.3 Å². The zero-order valence-corrected chi connectivity index (χ0v) is 19.0. The second-order valence-electron chi connectivity index (χ2n) is 7.34. The maximum absolute atomic E-state index is 13.0. The molecular weight excluding hydrogens is 410 g/mol. The van der Waals surface area contributed by atoms with Crippen LogP contribution in [0.4, 0.5) is 17.1 Å². The molecule has 2 aromatic carbocycles. The topological polar surface area (TPSA) is 79.8 Å². The molecule has 0 saturated heterocycles. The van der Waals surface area contributed by atoms with Crippen molar-refractivity contribution in [2.45, 2.75) is 38.9 Å². The molecule has 1 unspecified atom stereocenters. The van der Waals surface area contributed by atoms with Gasteiger partial charge < -0.3 is 15.4 Å². The number of nitrogens with zero attached hydrogens (tertiary/aromatic N) is 1. The van der Waals surface area contributed by atoms with Crippen LogP contribution in [-0.2, 0) is 14.3 Å². The fourth-order valence-electron chi connectivity index (χ4n) is 3.12. The van der Waals surface area contributed by atoms with Crippen LogP contribution in [0.15, 0.2) is 59.2 Å². The van der Waals surface area contributed by atoms with Crippen molar-refractivity contribution in [1.82, 2.24) is 0 Å². The van der Waals surface area contributed by atoms with Crippen molar-refractivity contribution in [1.29, 1.82) is 0 Å². The number of amides is 1. The lowest BCUT2D eigenvalue weighted by molar-refractivity contribution is -0.139. The Balaban J connectivity index is 1.84. The number of rotatable bonds is 6. The van der Waals surface area contributed by atoms with E-state index in [2.05, 4.69) is 10.6 Å². The summed E-state index contributed by atoms with van der Waals surface area (Å²) in [7, 11) is 1.36. The van der Waals surface area contributed by atoms with Crippen LogP contribution in [0.3, 0.4) is 0 Å². The molecule has 1 aliphatic rings. The fraction of sp³-hybridized carbons (Fsp3) is 0.292. The number of benzene rings is 2. The van der Waals surface area contributed by atoms with Gasteiger partial charge in [-0.05, 0) is 55.7 Å². The summed E-state index contributed by atoms with van der Waals surface area (Å²) in [5.74, 6) is -0.417. The van der Waals surface area contributed by atoms with Gasteiger partial charge in [0.25, 0.3) is 0 Å². The number of aryl methyl sites for hydroxylation is 2. The van der Waals surface area contributed by atoms with E-state index in [1.165, 1.54) is 18.9 Å². The Bertz CT molecular complexity index is 1050. The molecule has 31 heavy (non-hydrogen) atoms. The molecule has 2 N–H and O–H groups in total. The zero-order valence-electron chi connectivity index (χ0n) is 18.2. The van der Waals surface area contributed by atoms with Crippen LogP contribution in [-0.4, -0.2) is 29.3 Å². The van der Waals surface area contributed by atoms with E-state index in [0.717, 1.165) is 28.2 Å². The number of anilines is 2. The Morgan fingerprint density at radius 2 is 1.97 bits per heavy atom. The quantitative estimate of drug-likeness (QED) is 0.595. The van der Waals surface area contributed by atoms with Crippen molar-refractivity contribution >= 4 is 45.7 Å². The summed E-state index contributed by atoms with van der Waals surface area (Å²) in [4.78, 5) is 29.6. The second kappa shape index (κ2) is 10.3. The van der Waals surface area contributed by atoms with Crippen LogP contribution < -0.4 is 10.6 Å². The number of aliphatic imine (C=N–C) groups is 1. The lowest BCUT2D eigenvalue weighted by Gasteiger charge is -2.16. The first-order valence-corrected chi connectivity index (χ1v) is 11.0. The lowest BCUT2D eigenvalue weighted by atomic mass is 10.1. The van der Waals surface area contributed by atoms with Crippen molar-refractivity contribution in [3.8, 4) is 0 Å². The van der Waals surface area contributed by atoms with Gasteiger partial charge in [-0.1, -0.05) is 43.0 Å². The van der Waals surface area contributed by atoms with Crippen LogP contribution >= 0.6 is 11.8 Å². The van der Waals surface area contributed by atoms with Crippen LogP contribution in [0.2, 0.25) is 0 Å². The van der Waals surface area contributed by atoms with Gasteiger partial charge in [-0.3, -0.25) is 9.59 Å². The molecule has 0 radical (unpaired) electrons. The normalized spacial score (nSPS) is 13.7. The van der Waals surface area contributed by atoms with Crippen LogP contribution in [0, 0.1) is 13.8 Å². The average molecular weight is 438 g/mol. The number of ether oxygens (including phenoxy) is 1. The van der Waals surface area contributed by atoms with Gasteiger partial charge in [-0.2, -0.15) is 0 Å². The molecule has 7 heteroatoms. The van der Waals surface area contributed by atoms with E-state index in [0.29, 0.717) is 17.2 Å². The SMILES string of the molecule is CCC(SC1=Nc2ccccc2NC(CC(=O)OC)=C1)C(=O)Nc1cc(C)ccc1C. The molecule has 0 bridgehead atoms. The van der Waals surface area contributed by atoms with E-state index < -0.39 is 0 Å². The second-order valence-corrected chi connectivity index (χ2v) is 8.56. The summed E-state index contributed by atoms with van der Waals surface area (Å²) in [5.41, 5.74) is 5.16. The molecule has 0 spiro atoms. The Kier molecular flexibility index (Phi) is 7.52. The number of para-hydroxylation sites is 2. The number of nitrogens with one attached hydrogen (secondary N) is 2. The molecule has 6 nitrogen and oxygen atoms in total. The van der Waals surface area contributed by atoms with Crippen molar-refractivity contribution in [2.75, 3.05) is 17.7 Å². The summed E-state index contributed by atoms with van der Waals surface area (Å²) in [6.45, 7) is 5.95. The molecule has 0 fully saturated rings. The Hall–Kier alpha value is -3.06. The van der Waals surface area contributed by atoms with Gasteiger partial charge >= 0.3 is 5.97 Å². The van der Waals surface area contributed by atoms with Crippen molar-refractivity contribution < 1.29 is 14.3 Å². The number of methoxy groups -OCH3 is 1. The minimum atomic E-state index is -0.345. The predicted octanol–water partition coefficient (Wildman–Crippen LogP) is 5.36. The van der Waals surface area contributed by atoms with Crippen LogP contribution in [0.1, 0.15) is 30.9 Å². The molecule has 162 valence electrons. The van der Waals surface area contributed by atoms with Crippen molar-refractivity contribution in [3.05, 3.63) is 65.4 Å². The molecule has 0 saturated carbocycles. The van der Waals surface area contributed by atoms with Gasteiger partial charge in [0, 0.05) is 11.4 Å². The zero-order chi connectivity index (χ0) is 22.4. The summed E-state index contributed by atoms with van der Waals surface area (Å²) in [5, 5.41) is 6.65. The molecule has 1 heterocycles. The molecule has 1 aliphatic heterocycles. The molecule has 0 aliphatic carbocycles. The maximum atomic E-state index is 13.0. The predicted molar refractivity (Wildman–Crippen MR) is 128 cm³/mol. The number of esters is 1. The van der Waals surface area contributed by atoms with E-state index in [4.69, 9.17) is 9.73 Å². The van der Waals surface area contributed by atoms with Gasteiger partial charge in [0.2, 0.25) is 5.91 Å². The van der Waals surface area contributed by atoms with Gasteiger partial charge in [-0.15, -0.1) is 0 Å². The number of carbonyl (C=O) groups is 2. The first-order chi connectivity index (χ1) is 14.9. The van der Waals surface area contributed by atoms with E-state index >= 15 is 0 Å². The first kappa shape index (κ1) is 22.6. The highest BCUT2D eigenvalue weighted by atomic mass is 32.2. The van der Waals surface area contributed by atoms with E-state index in [9.17, 15) is 9.59 Å². The lowest BCUT2D eigenvalue weighted by Crippen LogP contribution is -2.26. The largest absolute Gasteiger partial charge is 0.469 e. The van der Waals surface area contributed by atoms with Crippen molar-refractivity contribution in [3.63, 3.8) is 0 Å². The number of hydrogen-bond acceptors (Lipinski definition) is 6. The summed E-state index contributed by atoms with van der Waals surface area (Å²) in [6.07, 6.45) is 2.54. The molecule has 0 aromatic heterocycles. The average Bonchev–Trinajstić information content (AvgIpc) is 2.92. The third-order valence-corrected chi connectivity index (χ3v) is 6.15. The number of carbonyl (C=O) groups excluding carboxylic acids is 2. The number of fused-ring (bicyclic) bond motifs is 1. The minimum Gasteiger partial charge on any atom is -0.469 e. The third kappa shape index (κ3) is 5.98. The van der Waals surface area contributed by atoms with E-state index in [-0.39, 0.29) is 23.5 Å². The van der Waals surface area contributed by atoms with E-state index in [1.54, 1.807) is 0 Å². The standard InChI is InChI=1S/C24H27N3O3S/c1-5-21(24(29)27-20-12-15(2)10-11-16(20)3)31-22-13-17(14-23(28)30-4)25-18-8-6-7-9-19(18)26-22/h6-13,21,25H,5,14H2,1-4H3,(H,27,29). The maximum Gasteiger partial charge on any atom is 0.311 e. The fourth-order valence-corrected chi connectivity index (χ4v) is 4.11. The third-order valence-electron chi connectivity index (χ3n) is 4.87. The monoisotopic (exact) mass is 437 g/mol. The smallest absolute Gasteiger partial charge is 0.311 e. The number of thioether (sulfide) groups is 1. The highest BCUT2D eigenvalue weighted by Crippen LogP contribution is 2.32. The Morgan fingerprint density at radius 1 is 1.19 bits per heavy atom. The molecule has 2 aromatic rings. The Morgan fingerprint density at radius 3 is 2.71 bits per heavy atom. The number of hydrogen-bond donors (Lipinski definition) is 2. The molecule has 1 atom stereocenters. The summed E-state index contributed by atoms with van der Waals surface area (Å²) >= 11 is 1.39. The molecular formula is C24H27N3O3S. The molecule has 3 rings (SSSR count). The van der Waals surface area contributed by atoms with Gasteiger partial charge in [-0.25, -0.2) is 4.99 Å². The minimum absolute atomic E-state index is 0.0719. The highest BCUT2D eigenvalue weighted by molar-refractivity contribution is 8.15. The van der Waals surface area contributed by atoms with Gasteiger partial charge in [0.1, 0.15) is 0 Å². The molecule has 1 amide bonds. The van der Waals surface area contributed by atoms with Crippen molar-refractivity contribution in [2.24, 2.45) is 4.99 Å². The van der Waals surface area contributed by atoms with Crippen LogP contribution in [0.5, 0.6) is 0 Å².